The zero-order valence-corrected chi connectivity index (χ0v) is 15.5. The van der Waals surface area contributed by atoms with E-state index in [0.717, 1.165) is 21.5 Å². The van der Waals surface area contributed by atoms with E-state index in [9.17, 15) is 0 Å². The summed E-state index contributed by atoms with van der Waals surface area (Å²) in [5, 5.41) is 10.8. The monoisotopic (exact) mass is 379 g/mol. The first-order valence-corrected chi connectivity index (χ1v) is 8.93. The molecule has 0 radical (unpaired) electrons. The standard InChI is InChI=1S/C17H15Cl2N3OS/c1-22-16(14-9-13(19)7-8-15(14)23-2)20-21-17(22)24-10-11-3-5-12(18)6-4-11/h3-9H,10H2,1-2H3. The Labute approximate surface area is 154 Å². The van der Waals surface area contributed by atoms with E-state index >= 15 is 0 Å². The summed E-state index contributed by atoms with van der Waals surface area (Å²) in [4.78, 5) is 0. The lowest BCUT2D eigenvalue weighted by Gasteiger charge is -2.09. The lowest BCUT2D eigenvalue weighted by atomic mass is 10.2. The van der Waals surface area contributed by atoms with E-state index in [1.165, 1.54) is 5.56 Å². The minimum atomic E-state index is 0.629. The fourth-order valence-corrected chi connectivity index (χ4v) is 3.42. The van der Waals surface area contributed by atoms with Crippen molar-refractivity contribution in [3.8, 4) is 17.1 Å². The third-order valence-corrected chi connectivity index (χ3v) is 5.10. The van der Waals surface area contributed by atoms with Crippen LogP contribution in [0.1, 0.15) is 5.56 Å². The van der Waals surface area contributed by atoms with Crippen molar-refractivity contribution in [2.24, 2.45) is 7.05 Å². The molecular weight excluding hydrogens is 365 g/mol. The highest BCUT2D eigenvalue weighted by Gasteiger charge is 2.15. The van der Waals surface area contributed by atoms with Crippen LogP contribution in [0.3, 0.4) is 0 Å². The van der Waals surface area contributed by atoms with Gasteiger partial charge in [-0.15, -0.1) is 10.2 Å². The average molecular weight is 380 g/mol. The summed E-state index contributed by atoms with van der Waals surface area (Å²) in [5.41, 5.74) is 1.99. The number of hydrogen-bond donors (Lipinski definition) is 0. The summed E-state index contributed by atoms with van der Waals surface area (Å²) >= 11 is 13.6. The molecule has 0 saturated heterocycles. The van der Waals surface area contributed by atoms with Crippen LogP contribution in [0.25, 0.3) is 11.4 Å². The van der Waals surface area contributed by atoms with Crippen molar-refractivity contribution in [3.63, 3.8) is 0 Å². The summed E-state index contributed by atoms with van der Waals surface area (Å²) in [6.07, 6.45) is 0. The van der Waals surface area contributed by atoms with E-state index in [1.54, 1.807) is 24.9 Å². The van der Waals surface area contributed by atoms with Crippen molar-refractivity contribution >= 4 is 35.0 Å². The molecule has 3 aromatic rings. The van der Waals surface area contributed by atoms with Crippen LogP contribution in [0.15, 0.2) is 47.6 Å². The van der Waals surface area contributed by atoms with Crippen LogP contribution >= 0.6 is 35.0 Å². The topological polar surface area (TPSA) is 39.9 Å². The summed E-state index contributed by atoms with van der Waals surface area (Å²) < 4.78 is 7.34. The minimum absolute atomic E-state index is 0.629. The van der Waals surface area contributed by atoms with Crippen LogP contribution in [0.2, 0.25) is 10.0 Å². The van der Waals surface area contributed by atoms with Crippen molar-refractivity contribution in [2.75, 3.05) is 7.11 Å². The summed E-state index contributed by atoms with van der Waals surface area (Å²) in [5.74, 6) is 2.22. The maximum absolute atomic E-state index is 6.11. The molecule has 124 valence electrons. The molecule has 0 fully saturated rings. The van der Waals surface area contributed by atoms with E-state index in [4.69, 9.17) is 27.9 Å². The Bertz CT molecular complexity index is 850. The number of benzene rings is 2. The molecule has 1 heterocycles. The maximum Gasteiger partial charge on any atom is 0.191 e. The van der Waals surface area contributed by atoms with Crippen LogP contribution in [0.5, 0.6) is 5.75 Å². The second-order valence-electron chi connectivity index (χ2n) is 5.12. The summed E-state index contributed by atoms with van der Waals surface area (Å²) in [6, 6.07) is 13.2. The van der Waals surface area contributed by atoms with Crippen LogP contribution in [-0.2, 0) is 12.8 Å². The van der Waals surface area contributed by atoms with Gasteiger partial charge >= 0.3 is 0 Å². The van der Waals surface area contributed by atoms with Gasteiger partial charge in [-0.05, 0) is 35.9 Å². The van der Waals surface area contributed by atoms with E-state index < -0.39 is 0 Å². The van der Waals surface area contributed by atoms with E-state index in [-0.39, 0.29) is 0 Å². The predicted octanol–water partition coefficient (Wildman–Crippen LogP) is 5.09. The zero-order valence-electron chi connectivity index (χ0n) is 13.2. The van der Waals surface area contributed by atoms with E-state index in [1.807, 2.05) is 48.0 Å². The van der Waals surface area contributed by atoms with E-state index in [0.29, 0.717) is 16.6 Å². The third-order valence-electron chi connectivity index (χ3n) is 3.52. The van der Waals surface area contributed by atoms with Gasteiger partial charge < -0.3 is 9.30 Å². The molecule has 0 aliphatic carbocycles. The van der Waals surface area contributed by atoms with Crippen molar-refractivity contribution in [1.29, 1.82) is 0 Å². The van der Waals surface area contributed by atoms with Gasteiger partial charge in [0.2, 0.25) is 0 Å². The van der Waals surface area contributed by atoms with E-state index in [2.05, 4.69) is 10.2 Å². The molecule has 0 unspecified atom stereocenters. The molecule has 0 amide bonds. The van der Waals surface area contributed by atoms with Gasteiger partial charge in [-0.2, -0.15) is 0 Å². The Morgan fingerprint density at radius 3 is 2.46 bits per heavy atom. The van der Waals surface area contributed by atoms with Crippen LogP contribution in [0, 0.1) is 0 Å². The first kappa shape index (κ1) is 17.1. The number of ether oxygens (including phenoxy) is 1. The molecule has 24 heavy (non-hydrogen) atoms. The molecule has 0 N–H and O–H groups in total. The highest BCUT2D eigenvalue weighted by Crippen LogP contribution is 2.33. The Morgan fingerprint density at radius 1 is 1.04 bits per heavy atom. The molecule has 0 spiro atoms. The molecule has 0 bridgehead atoms. The predicted molar refractivity (Wildman–Crippen MR) is 99.0 cm³/mol. The van der Waals surface area contributed by atoms with Gasteiger partial charge in [-0.25, -0.2) is 0 Å². The number of thioether (sulfide) groups is 1. The lowest BCUT2D eigenvalue weighted by molar-refractivity contribution is 0.416. The largest absolute Gasteiger partial charge is 0.496 e. The van der Waals surface area contributed by atoms with Crippen molar-refractivity contribution in [2.45, 2.75) is 10.9 Å². The first-order chi connectivity index (χ1) is 11.6. The Hall–Kier alpha value is -1.69. The minimum Gasteiger partial charge on any atom is -0.496 e. The molecule has 1 aromatic heterocycles. The van der Waals surface area contributed by atoms with Crippen LogP contribution in [0.4, 0.5) is 0 Å². The molecule has 7 heteroatoms. The fourth-order valence-electron chi connectivity index (χ4n) is 2.26. The Balaban J connectivity index is 1.84. The Morgan fingerprint density at radius 2 is 1.75 bits per heavy atom. The zero-order chi connectivity index (χ0) is 17.1. The van der Waals surface area contributed by atoms with Crippen molar-refractivity contribution < 1.29 is 4.74 Å². The normalized spacial score (nSPS) is 10.8. The number of rotatable bonds is 5. The molecule has 0 atom stereocenters. The molecule has 0 aliphatic heterocycles. The average Bonchev–Trinajstić information content (AvgIpc) is 2.95. The number of aromatic nitrogens is 3. The lowest BCUT2D eigenvalue weighted by Crippen LogP contribution is -1.97. The highest BCUT2D eigenvalue weighted by atomic mass is 35.5. The molecule has 4 nitrogen and oxygen atoms in total. The smallest absolute Gasteiger partial charge is 0.191 e. The summed E-state index contributed by atoms with van der Waals surface area (Å²) in [6.45, 7) is 0. The van der Waals surface area contributed by atoms with Gasteiger partial charge in [0.15, 0.2) is 11.0 Å². The molecule has 0 aliphatic rings. The number of halogens is 2. The SMILES string of the molecule is COc1ccc(Cl)cc1-c1nnc(SCc2ccc(Cl)cc2)n1C. The second kappa shape index (κ2) is 7.47. The van der Waals surface area contributed by atoms with Gasteiger partial charge in [0.05, 0.1) is 12.7 Å². The quantitative estimate of drug-likeness (QED) is 0.578. The van der Waals surface area contributed by atoms with Crippen molar-refractivity contribution in [1.82, 2.24) is 14.8 Å². The molecule has 2 aromatic carbocycles. The molecular formula is C17H15Cl2N3OS. The van der Waals surface area contributed by atoms with Crippen molar-refractivity contribution in [3.05, 3.63) is 58.1 Å². The van der Waals surface area contributed by atoms with Gasteiger partial charge in [0.25, 0.3) is 0 Å². The second-order valence-corrected chi connectivity index (χ2v) is 6.94. The third kappa shape index (κ3) is 3.69. The number of hydrogen-bond acceptors (Lipinski definition) is 4. The van der Waals surface area contributed by atoms with Gasteiger partial charge in [-0.3, -0.25) is 0 Å². The number of nitrogens with zero attached hydrogens (tertiary/aromatic N) is 3. The number of methoxy groups -OCH3 is 1. The highest BCUT2D eigenvalue weighted by molar-refractivity contribution is 7.98. The van der Waals surface area contributed by atoms with Gasteiger partial charge in [0.1, 0.15) is 5.75 Å². The van der Waals surface area contributed by atoms with Crippen LogP contribution < -0.4 is 4.74 Å². The van der Waals surface area contributed by atoms with Crippen LogP contribution in [-0.4, -0.2) is 21.9 Å². The fraction of sp³-hybridized carbons (Fsp3) is 0.176. The summed E-state index contributed by atoms with van der Waals surface area (Å²) in [7, 11) is 3.55. The van der Waals surface area contributed by atoms with Gasteiger partial charge in [-0.1, -0.05) is 47.1 Å². The Kier molecular flexibility index (Phi) is 5.33. The van der Waals surface area contributed by atoms with Gasteiger partial charge in [0, 0.05) is 22.8 Å². The maximum atomic E-state index is 6.11. The molecule has 0 saturated carbocycles. The first-order valence-electron chi connectivity index (χ1n) is 7.19. The molecule has 3 rings (SSSR count).